The van der Waals surface area contributed by atoms with Crippen molar-refractivity contribution >= 4 is 69.0 Å². The molecule has 0 bridgehead atoms. The zero-order valence-electron chi connectivity index (χ0n) is 13.8. The summed E-state index contributed by atoms with van der Waals surface area (Å²) in [7, 11) is 0. The first-order valence-electron chi connectivity index (χ1n) is 7.67. The molecule has 4 heterocycles. The quantitative estimate of drug-likeness (QED) is 0.707. The highest BCUT2D eigenvalue weighted by Crippen LogP contribution is 2.47. The van der Waals surface area contributed by atoms with Crippen LogP contribution in [-0.2, 0) is 14.4 Å². The third-order valence-electron chi connectivity index (χ3n) is 4.02. The van der Waals surface area contributed by atoms with Crippen molar-refractivity contribution in [2.75, 3.05) is 10.7 Å². The van der Waals surface area contributed by atoms with Crippen LogP contribution in [0.3, 0.4) is 0 Å². The van der Waals surface area contributed by atoms with E-state index in [-0.39, 0.29) is 17.5 Å². The summed E-state index contributed by atoms with van der Waals surface area (Å²) >= 11 is 5.34. The fraction of sp³-hybridized carbons (Fsp3) is 0.267. The van der Waals surface area contributed by atoms with Gasteiger partial charge in [0.25, 0.3) is 5.91 Å². The number of thiophene rings is 1. The molecular weight excluding hydrogens is 428 g/mol. The van der Waals surface area contributed by atoms with Crippen LogP contribution < -0.4 is 4.90 Å². The highest BCUT2D eigenvalue weighted by molar-refractivity contribution is 8.07. The van der Waals surface area contributed by atoms with Gasteiger partial charge in [-0.2, -0.15) is 0 Å². The smallest absolute Gasteiger partial charge is 0.353 e. The molecule has 0 unspecified atom stereocenters. The first kappa shape index (κ1) is 18.5. The zero-order valence-corrected chi connectivity index (χ0v) is 17.0. The maximum Gasteiger partial charge on any atom is 0.353 e. The molecule has 2 aliphatic rings. The molecule has 27 heavy (non-hydrogen) atoms. The van der Waals surface area contributed by atoms with E-state index in [0.29, 0.717) is 20.0 Å². The van der Waals surface area contributed by atoms with E-state index in [4.69, 9.17) is 0 Å². The normalized spacial score (nSPS) is 21.7. The average Bonchev–Trinajstić information content (AvgIpc) is 3.32. The Labute approximate surface area is 170 Å². The molecule has 2 atom stereocenters. The molecule has 0 radical (unpaired) electrons. The van der Waals surface area contributed by atoms with Gasteiger partial charge in [0, 0.05) is 17.6 Å². The lowest BCUT2D eigenvalue weighted by Gasteiger charge is -2.52. The number of amides is 2. The van der Waals surface area contributed by atoms with E-state index in [2.05, 4.69) is 10.2 Å². The number of rotatable bonds is 5. The Hall–Kier alpha value is -1.89. The summed E-state index contributed by atoms with van der Waals surface area (Å²) in [5.41, 5.74) is 1.54. The number of carboxylic acids is 1. The van der Waals surface area contributed by atoms with Crippen molar-refractivity contribution in [1.82, 2.24) is 15.1 Å². The molecule has 1 N–H and O–H groups in total. The number of nitrogens with zero attached hydrogens (tertiary/aromatic N) is 4. The Morgan fingerprint density at radius 2 is 2.22 bits per heavy atom. The number of carbonyl (C=O) groups excluding carboxylic acids is 2. The molecule has 0 aliphatic carbocycles. The molecule has 140 valence electrons. The lowest BCUT2D eigenvalue weighted by molar-refractivity contribution is -0.148. The minimum absolute atomic E-state index is 0.0325. The predicted molar refractivity (Wildman–Crippen MR) is 105 cm³/mol. The molecule has 0 spiro atoms. The SMILES string of the molecule is CC(=O)N(c1cccs1)[C@@H]1C(=O)N2C(C(=O)O)=C(Sc3nncs3)CS[C@@H]12. The topological polar surface area (TPSA) is 104 Å². The number of anilines is 1. The molecule has 8 nitrogen and oxygen atoms in total. The summed E-state index contributed by atoms with van der Waals surface area (Å²) in [6.07, 6.45) is 0. The maximum absolute atomic E-state index is 12.9. The van der Waals surface area contributed by atoms with E-state index >= 15 is 0 Å². The Balaban J connectivity index is 1.66. The number of aromatic nitrogens is 2. The Morgan fingerprint density at radius 1 is 1.41 bits per heavy atom. The van der Waals surface area contributed by atoms with Gasteiger partial charge in [0.05, 0.1) is 5.00 Å². The molecule has 4 rings (SSSR count). The number of fused-ring (bicyclic) bond motifs is 1. The molecule has 1 fully saturated rings. The van der Waals surface area contributed by atoms with Crippen LogP contribution in [0.15, 0.2) is 38.0 Å². The van der Waals surface area contributed by atoms with Crippen LogP contribution in [0.4, 0.5) is 5.00 Å². The lowest BCUT2D eigenvalue weighted by Crippen LogP contribution is -2.71. The molecule has 2 amide bonds. The van der Waals surface area contributed by atoms with Gasteiger partial charge < -0.3 is 5.11 Å². The van der Waals surface area contributed by atoms with Crippen molar-refractivity contribution in [3.8, 4) is 0 Å². The van der Waals surface area contributed by atoms with Crippen molar-refractivity contribution in [2.24, 2.45) is 0 Å². The third-order valence-corrected chi connectivity index (χ3v) is 8.20. The first-order chi connectivity index (χ1) is 13.0. The molecule has 0 aromatic carbocycles. The van der Waals surface area contributed by atoms with Crippen LogP contribution in [-0.4, -0.2) is 55.2 Å². The van der Waals surface area contributed by atoms with Crippen molar-refractivity contribution < 1.29 is 19.5 Å². The Morgan fingerprint density at radius 3 is 2.81 bits per heavy atom. The van der Waals surface area contributed by atoms with Gasteiger partial charge in [-0.05, 0) is 17.5 Å². The summed E-state index contributed by atoms with van der Waals surface area (Å²) in [6.45, 7) is 1.41. The lowest BCUT2D eigenvalue weighted by atomic mass is 10.0. The molecule has 2 aliphatic heterocycles. The maximum atomic E-state index is 12.9. The van der Waals surface area contributed by atoms with E-state index in [1.807, 2.05) is 11.4 Å². The van der Waals surface area contributed by atoms with E-state index in [0.717, 1.165) is 0 Å². The second kappa shape index (κ2) is 7.26. The number of β-lactam (4-membered cyclic amide) rings is 1. The van der Waals surface area contributed by atoms with Crippen LogP contribution in [0.2, 0.25) is 0 Å². The number of thioether (sulfide) groups is 2. The fourth-order valence-corrected chi connectivity index (χ4v) is 6.93. The van der Waals surface area contributed by atoms with Gasteiger partial charge in [0.15, 0.2) is 4.34 Å². The van der Waals surface area contributed by atoms with Crippen molar-refractivity contribution in [3.05, 3.63) is 33.6 Å². The molecule has 2 aromatic heterocycles. The molecule has 2 aromatic rings. The second-order valence-electron chi connectivity index (χ2n) is 5.58. The number of aliphatic carboxylic acids is 1. The largest absolute Gasteiger partial charge is 0.477 e. The van der Waals surface area contributed by atoms with E-state index in [9.17, 15) is 19.5 Å². The van der Waals surface area contributed by atoms with Gasteiger partial charge in [-0.3, -0.25) is 19.4 Å². The second-order valence-corrected chi connectivity index (χ2v) is 9.78. The summed E-state index contributed by atoms with van der Waals surface area (Å²) in [4.78, 5) is 40.3. The standard InChI is InChI=1S/C15H12N4O4S4/c1-7(20)18(9-3-2-4-24-9)11-12(21)19-10(14(22)23)8(5-25-13(11)19)27-15-17-16-6-26-15/h2-4,6,11,13H,5H2,1H3,(H,22,23)/t11-,13+/m1/s1. The van der Waals surface area contributed by atoms with Gasteiger partial charge in [-0.15, -0.1) is 33.3 Å². The van der Waals surface area contributed by atoms with Gasteiger partial charge in [-0.25, -0.2) is 4.79 Å². The zero-order chi connectivity index (χ0) is 19.1. The van der Waals surface area contributed by atoms with Crippen LogP contribution in [0.1, 0.15) is 6.92 Å². The van der Waals surface area contributed by atoms with Gasteiger partial charge in [0.2, 0.25) is 5.91 Å². The predicted octanol–water partition coefficient (Wildman–Crippen LogP) is 2.32. The molecule has 0 saturated carbocycles. The summed E-state index contributed by atoms with van der Waals surface area (Å²) in [5, 5.41) is 19.5. The highest BCUT2D eigenvalue weighted by atomic mass is 32.2. The van der Waals surface area contributed by atoms with E-state index < -0.39 is 17.4 Å². The molecule has 12 heteroatoms. The van der Waals surface area contributed by atoms with Crippen LogP contribution in [0, 0.1) is 0 Å². The van der Waals surface area contributed by atoms with Crippen LogP contribution in [0.5, 0.6) is 0 Å². The van der Waals surface area contributed by atoms with Gasteiger partial charge >= 0.3 is 5.97 Å². The minimum Gasteiger partial charge on any atom is -0.477 e. The van der Waals surface area contributed by atoms with Crippen molar-refractivity contribution in [3.63, 3.8) is 0 Å². The van der Waals surface area contributed by atoms with E-state index in [1.165, 1.54) is 62.9 Å². The van der Waals surface area contributed by atoms with Crippen molar-refractivity contribution in [2.45, 2.75) is 22.7 Å². The first-order valence-corrected chi connectivity index (χ1v) is 11.3. The fourth-order valence-electron chi connectivity index (χ4n) is 2.96. The average molecular weight is 441 g/mol. The summed E-state index contributed by atoms with van der Waals surface area (Å²) in [5.74, 6) is -1.37. The molecular formula is C15H12N4O4S4. The third kappa shape index (κ3) is 3.16. The Bertz CT molecular complexity index is 928. The Kier molecular flexibility index (Phi) is 4.97. The number of hydrogen-bond acceptors (Lipinski definition) is 9. The van der Waals surface area contributed by atoms with Crippen molar-refractivity contribution in [1.29, 1.82) is 0 Å². The highest BCUT2D eigenvalue weighted by Gasteiger charge is 2.57. The van der Waals surface area contributed by atoms with E-state index in [1.54, 1.807) is 11.6 Å². The van der Waals surface area contributed by atoms with Gasteiger partial charge in [0.1, 0.15) is 22.6 Å². The minimum atomic E-state index is -1.16. The van der Waals surface area contributed by atoms with Gasteiger partial charge in [-0.1, -0.05) is 23.1 Å². The number of carboxylic acid groups (broad SMARTS) is 1. The summed E-state index contributed by atoms with van der Waals surface area (Å²) in [6, 6.07) is 2.89. The van der Waals surface area contributed by atoms with Crippen LogP contribution >= 0.6 is 46.2 Å². The number of hydrogen-bond donors (Lipinski definition) is 1. The number of carbonyl (C=O) groups is 3. The summed E-state index contributed by atoms with van der Waals surface area (Å²) < 4.78 is 0.622. The van der Waals surface area contributed by atoms with Crippen LogP contribution in [0.25, 0.3) is 0 Å². The molecule has 1 saturated heterocycles. The monoisotopic (exact) mass is 440 g/mol.